The molecule has 10 aromatic rings. The lowest BCUT2D eigenvalue weighted by molar-refractivity contribution is 0.669. The molecule has 0 unspecified atom stereocenters. The highest BCUT2D eigenvalue weighted by atomic mass is 16.3. The fraction of sp³-hybridized carbons (Fsp3) is 0. The van der Waals surface area contributed by atoms with E-state index in [-0.39, 0.29) is 0 Å². The molecule has 0 aliphatic rings. The molecule has 10 rings (SSSR count). The van der Waals surface area contributed by atoms with Crippen LogP contribution in [-0.4, -0.2) is 0 Å². The molecule has 9 aromatic carbocycles. The maximum atomic E-state index is 6.33. The van der Waals surface area contributed by atoms with Crippen molar-refractivity contribution >= 4 is 49.8 Å². The van der Waals surface area contributed by atoms with E-state index in [1.807, 2.05) is 6.07 Å². The van der Waals surface area contributed by atoms with Gasteiger partial charge >= 0.3 is 0 Å². The first kappa shape index (κ1) is 31.6. The van der Waals surface area contributed by atoms with Crippen LogP contribution in [0.1, 0.15) is 0 Å². The zero-order valence-corrected chi connectivity index (χ0v) is 29.6. The summed E-state index contributed by atoms with van der Waals surface area (Å²) in [6, 6.07) is 75.8. The van der Waals surface area contributed by atoms with Crippen molar-refractivity contribution in [2.24, 2.45) is 0 Å². The lowest BCUT2D eigenvalue weighted by Gasteiger charge is -2.26. The Kier molecular flexibility index (Phi) is 7.85. The SMILES string of the molecule is c1ccc(-c2ccc(-c3ccc(N(c4ccc(-c5ccccc5)cc4)c4cccc(-c5cccc6ccc7oc8ccccc8c7c56)c4)cc3)cc2)cc1. The normalized spacial score (nSPS) is 11.3. The molecule has 0 N–H and O–H groups in total. The molecule has 0 aliphatic carbocycles. The van der Waals surface area contributed by atoms with Crippen LogP contribution < -0.4 is 4.90 Å². The minimum atomic E-state index is 0.905. The van der Waals surface area contributed by atoms with Gasteiger partial charge in [-0.25, -0.2) is 0 Å². The van der Waals surface area contributed by atoms with Crippen molar-refractivity contribution in [3.63, 3.8) is 0 Å². The van der Waals surface area contributed by atoms with Gasteiger partial charge in [0.25, 0.3) is 0 Å². The first-order valence-corrected chi connectivity index (χ1v) is 18.4. The third-order valence-corrected chi connectivity index (χ3v) is 10.5. The van der Waals surface area contributed by atoms with Crippen molar-refractivity contribution < 1.29 is 4.42 Å². The van der Waals surface area contributed by atoms with Crippen molar-refractivity contribution in [1.29, 1.82) is 0 Å². The summed E-state index contributed by atoms with van der Waals surface area (Å²) >= 11 is 0. The van der Waals surface area contributed by atoms with Crippen LogP contribution in [0, 0.1) is 0 Å². The average molecular weight is 690 g/mol. The quantitative estimate of drug-likeness (QED) is 0.166. The molecule has 0 saturated heterocycles. The third-order valence-electron chi connectivity index (χ3n) is 10.5. The predicted octanol–water partition coefficient (Wildman–Crippen LogP) is 14.9. The lowest BCUT2D eigenvalue weighted by atomic mass is 9.94. The summed E-state index contributed by atoms with van der Waals surface area (Å²) in [5.74, 6) is 0. The molecule has 254 valence electrons. The van der Waals surface area contributed by atoms with E-state index < -0.39 is 0 Å². The van der Waals surface area contributed by atoms with Gasteiger partial charge in [-0.1, -0.05) is 164 Å². The molecular formula is C52H35NO. The highest BCUT2D eigenvalue weighted by Gasteiger charge is 2.17. The van der Waals surface area contributed by atoms with Gasteiger partial charge < -0.3 is 9.32 Å². The molecular weight excluding hydrogens is 655 g/mol. The Labute approximate surface area is 314 Å². The van der Waals surface area contributed by atoms with Crippen LogP contribution in [0.5, 0.6) is 0 Å². The van der Waals surface area contributed by atoms with E-state index in [1.54, 1.807) is 0 Å². The summed E-state index contributed by atoms with van der Waals surface area (Å²) in [5, 5.41) is 4.69. The van der Waals surface area contributed by atoms with Gasteiger partial charge in [0.2, 0.25) is 0 Å². The van der Waals surface area contributed by atoms with Gasteiger partial charge in [0.15, 0.2) is 0 Å². The molecule has 0 spiro atoms. The fourth-order valence-corrected chi connectivity index (χ4v) is 7.82. The second-order valence-electron chi connectivity index (χ2n) is 13.7. The number of nitrogens with zero attached hydrogens (tertiary/aromatic N) is 1. The molecule has 0 saturated carbocycles. The topological polar surface area (TPSA) is 16.4 Å². The van der Waals surface area contributed by atoms with E-state index in [0.29, 0.717) is 0 Å². The standard InChI is InChI=1S/C52H35NO/c1-3-11-36(12-4-1)38-21-23-39(24-22-38)41-27-32-45(33-28-41)53(44-30-25-40(26-31-44)37-13-5-2-6-14-37)46-17-9-16-43(35-46)47-19-10-15-42-29-34-50-52(51(42)47)48-18-7-8-20-49(48)54-50/h1-35H. The first-order valence-electron chi connectivity index (χ1n) is 18.4. The van der Waals surface area contributed by atoms with E-state index >= 15 is 0 Å². The summed E-state index contributed by atoms with van der Waals surface area (Å²) in [5.41, 5.74) is 14.6. The second kappa shape index (κ2) is 13.4. The van der Waals surface area contributed by atoms with Gasteiger partial charge in [-0.3, -0.25) is 0 Å². The van der Waals surface area contributed by atoms with Gasteiger partial charge in [0.05, 0.1) is 0 Å². The molecule has 0 bridgehead atoms. The number of rotatable bonds is 7. The molecule has 2 heteroatoms. The van der Waals surface area contributed by atoms with E-state index in [0.717, 1.165) is 44.6 Å². The average Bonchev–Trinajstić information content (AvgIpc) is 3.64. The van der Waals surface area contributed by atoms with Gasteiger partial charge in [-0.15, -0.1) is 0 Å². The Hall–Kier alpha value is -7.16. The van der Waals surface area contributed by atoms with Crippen LogP contribution in [0.4, 0.5) is 17.1 Å². The Morgan fingerprint density at radius 3 is 1.41 bits per heavy atom. The Bertz CT molecular complexity index is 2890. The lowest BCUT2D eigenvalue weighted by Crippen LogP contribution is -2.10. The Morgan fingerprint density at radius 2 is 0.796 bits per heavy atom. The van der Waals surface area contributed by atoms with Crippen LogP contribution in [0.15, 0.2) is 217 Å². The molecule has 0 amide bonds. The second-order valence-corrected chi connectivity index (χ2v) is 13.7. The van der Waals surface area contributed by atoms with Gasteiger partial charge in [-0.05, 0) is 98.4 Å². The van der Waals surface area contributed by atoms with Crippen LogP contribution >= 0.6 is 0 Å². The number of hydrogen-bond acceptors (Lipinski definition) is 2. The summed E-state index contributed by atoms with van der Waals surface area (Å²) < 4.78 is 6.33. The smallest absolute Gasteiger partial charge is 0.136 e. The zero-order valence-electron chi connectivity index (χ0n) is 29.6. The molecule has 0 aliphatic heterocycles. The van der Waals surface area contributed by atoms with Gasteiger partial charge in [0, 0.05) is 33.2 Å². The number of para-hydroxylation sites is 1. The number of fused-ring (bicyclic) bond motifs is 5. The largest absolute Gasteiger partial charge is 0.456 e. The van der Waals surface area contributed by atoms with Crippen LogP contribution in [0.25, 0.3) is 77.2 Å². The van der Waals surface area contributed by atoms with E-state index in [4.69, 9.17) is 4.42 Å². The number of hydrogen-bond donors (Lipinski definition) is 0. The number of furan rings is 1. The molecule has 1 aromatic heterocycles. The summed E-state index contributed by atoms with van der Waals surface area (Å²) in [7, 11) is 0. The highest BCUT2D eigenvalue weighted by molar-refractivity contribution is 6.22. The van der Waals surface area contributed by atoms with E-state index in [1.165, 1.54) is 49.7 Å². The van der Waals surface area contributed by atoms with E-state index in [2.05, 4.69) is 211 Å². The Balaban J connectivity index is 1.08. The van der Waals surface area contributed by atoms with Crippen molar-refractivity contribution in [2.45, 2.75) is 0 Å². The molecule has 54 heavy (non-hydrogen) atoms. The first-order chi connectivity index (χ1) is 26.8. The van der Waals surface area contributed by atoms with Crippen LogP contribution in [0.3, 0.4) is 0 Å². The van der Waals surface area contributed by atoms with Crippen LogP contribution in [0.2, 0.25) is 0 Å². The number of anilines is 3. The summed E-state index contributed by atoms with van der Waals surface area (Å²) in [4.78, 5) is 2.36. The minimum absolute atomic E-state index is 0.905. The molecule has 1 heterocycles. The van der Waals surface area contributed by atoms with Crippen LogP contribution in [-0.2, 0) is 0 Å². The molecule has 2 nitrogen and oxygen atoms in total. The monoisotopic (exact) mass is 689 g/mol. The molecule has 0 atom stereocenters. The predicted molar refractivity (Wildman–Crippen MR) is 228 cm³/mol. The number of benzene rings is 9. The van der Waals surface area contributed by atoms with Gasteiger partial charge in [-0.2, -0.15) is 0 Å². The maximum Gasteiger partial charge on any atom is 0.136 e. The fourth-order valence-electron chi connectivity index (χ4n) is 7.82. The summed E-state index contributed by atoms with van der Waals surface area (Å²) in [6.07, 6.45) is 0. The third kappa shape index (κ3) is 5.71. The van der Waals surface area contributed by atoms with Crippen molar-refractivity contribution in [2.75, 3.05) is 4.90 Å². The van der Waals surface area contributed by atoms with E-state index in [9.17, 15) is 0 Å². The maximum absolute atomic E-state index is 6.33. The van der Waals surface area contributed by atoms with Gasteiger partial charge in [0.1, 0.15) is 11.2 Å². The van der Waals surface area contributed by atoms with Crippen molar-refractivity contribution in [1.82, 2.24) is 0 Å². The van der Waals surface area contributed by atoms with Crippen molar-refractivity contribution in [3.05, 3.63) is 212 Å². The molecule has 0 fully saturated rings. The summed E-state index contributed by atoms with van der Waals surface area (Å²) in [6.45, 7) is 0. The minimum Gasteiger partial charge on any atom is -0.456 e. The van der Waals surface area contributed by atoms with Crippen molar-refractivity contribution in [3.8, 4) is 44.5 Å². The zero-order chi connectivity index (χ0) is 35.8. The molecule has 0 radical (unpaired) electrons. The Morgan fingerprint density at radius 1 is 0.296 bits per heavy atom. The highest BCUT2D eigenvalue weighted by Crippen LogP contribution is 2.42.